The van der Waals surface area contributed by atoms with E-state index in [4.69, 9.17) is 0 Å². The van der Waals surface area contributed by atoms with Gasteiger partial charge in [0.2, 0.25) is 0 Å². The van der Waals surface area contributed by atoms with Crippen LogP contribution >= 0.6 is 0 Å². The average molecular weight is 416 g/mol. The fraction of sp³-hybridized carbons (Fsp3) is 0.409. The fourth-order valence-electron chi connectivity index (χ4n) is 3.62. The predicted molar refractivity (Wildman–Crippen MR) is 116 cm³/mol. The zero-order chi connectivity index (χ0) is 21.0. The minimum Gasteiger partial charge on any atom is -0.322 e. The first-order valence-electron chi connectivity index (χ1n) is 9.98. The first-order chi connectivity index (χ1) is 13.8. The molecule has 0 unspecified atom stereocenters. The molecule has 0 aromatic heterocycles. The zero-order valence-corrected chi connectivity index (χ0v) is 18.0. The highest BCUT2D eigenvalue weighted by Crippen LogP contribution is 2.28. The number of benzene rings is 2. The van der Waals surface area contributed by atoms with Crippen LogP contribution in [-0.2, 0) is 10.2 Å². The second-order valence-electron chi connectivity index (χ2n) is 7.75. The van der Waals surface area contributed by atoms with E-state index in [-0.39, 0.29) is 11.9 Å². The van der Waals surface area contributed by atoms with E-state index in [0.29, 0.717) is 30.3 Å². The lowest BCUT2D eigenvalue weighted by molar-refractivity contribution is 0.102. The highest BCUT2D eigenvalue weighted by atomic mass is 32.2. The Kier molecular flexibility index (Phi) is 6.72. The molecular weight excluding hydrogens is 386 g/mol. The maximum atomic E-state index is 13.1. The van der Waals surface area contributed by atoms with Gasteiger partial charge in [0.1, 0.15) is 0 Å². The number of carbonyl (C=O) groups excluding carboxylic acids is 1. The van der Waals surface area contributed by atoms with Gasteiger partial charge in [0.25, 0.3) is 16.1 Å². The summed E-state index contributed by atoms with van der Waals surface area (Å²) in [6.07, 6.45) is 1.96. The molecule has 1 saturated heterocycles. The van der Waals surface area contributed by atoms with Crippen LogP contribution in [0.2, 0.25) is 0 Å². The second kappa shape index (κ2) is 9.07. The lowest BCUT2D eigenvalue weighted by atomic mass is 10.0. The Morgan fingerprint density at radius 1 is 1.17 bits per heavy atom. The molecule has 1 aliphatic heterocycles. The van der Waals surface area contributed by atoms with Crippen molar-refractivity contribution in [3.63, 3.8) is 0 Å². The summed E-state index contributed by atoms with van der Waals surface area (Å²) in [6, 6.07) is 16.0. The van der Waals surface area contributed by atoms with Crippen molar-refractivity contribution in [1.29, 1.82) is 0 Å². The monoisotopic (exact) mass is 415 g/mol. The number of rotatable bonds is 6. The van der Waals surface area contributed by atoms with Gasteiger partial charge in [-0.1, -0.05) is 37.3 Å². The van der Waals surface area contributed by atoms with Crippen molar-refractivity contribution >= 4 is 21.8 Å². The van der Waals surface area contributed by atoms with Crippen molar-refractivity contribution in [2.75, 3.05) is 25.5 Å². The SMILES string of the molecule is C[C@H]1CCCN(S(=O)(=O)N(C)[C@@H](C)c2cccc(NC(=O)c3ccccc3)c2)C1. The Morgan fingerprint density at radius 3 is 2.59 bits per heavy atom. The summed E-state index contributed by atoms with van der Waals surface area (Å²) in [5.74, 6) is 0.178. The number of amides is 1. The Bertz CT molecular complexity index is 947. The maximum Gasteiger partial charge on any atom is 0.282 e. The average Bonchev–Trinajstić information content (AvgIpc) is 2.73. The number of anilines is 1. The van der Waals surface area contributed by atoms with Crippen molar-refractivity contribution in [2.45, 2.75) is 32.7 Å². The smallest absolute Gasteiger partial charge is 0.282 e. The van der Waals surface area contributed by atoms with Crippen molar-refractivity contribution in [1.82, 2.24) is 8.61 Å². The Morgan fingerprint density at radius 2 is 1.90 bits per heavy atom. The van der Waals surface area contributed by atoms with Crippen LogP contribution in [0.4, 0.5) is 5.69 Å². The number of piperidine rings is 1. The van der Waals surface area contributed by atoms with Gasteiger partial charge in [0, 0.05) is 37.4 Å². The first-order valence-corrected chi connectivity index (χ1v) is 11.4. The van der Waals surface area contributed by atoms with Crippen molar-refractivity contribution in [2.24, 2.45) is 5.92 Å². The van der Waals surface area contributed by atoms with Gasteiger partial charge in [-0.3, -0.25) is 4.79 Å². The third kappa shape index (κ3) is 5.04. The van der Waals surface area contributed by atoms with E-state index < -0.39 is 10.2 Å². The predicted octanol–water partition coefficient (Wildman–Crippen LogP) is 3.91. The van der Waals surface area contributed by atoms with Gasteiger partial charge in [-0.05, 0) is 55.5 Å². The van der Waals surface area contributed by atoms with Crippen LogP contribution in [0.25, 0.3) is 0 Å². The normalized spacial score (nSPS) is 19.1. The Labute approximate surface area is 173 Å². The lowest BCUT2D eigenvalue weighted by Gasteiger charge is -2.35. The molecule has 0 radical (unpaired) electrons. The van der Waals surface area contributed by atoms with E-state index in [0.717, 1.165) is 18.4 Å². The van der Waals surface area contributed by atoms with Crippen LogP contribution in [-0.4, -0.2) is 43.1 Å². The van der Waals surface area contributed by atoms with Crippen molar-refractivity contribution in [3.8, 4) is 0 Å². The summed E-state index contributed by atoms with van der Waals surface area (Å²) >= 11 is 0. The highest BCUT2D eigenvalue weighted by molar-refractivity contribution is 7.86. The highest BCUT2D eigenvalue weighted by Gasteiger charge is 2.33. The topological polar surface area (TPSA) is 69.7 Å². The molecule has 1 aliphatic rings. The van der Waals surface area contributed by atoms with E-state index in [2.05, 4.69) is 12.2 Å². The van der Waals surface area contributed by atoms with Crippen molar-refractivity contribution < 1.29 is 13.2 Å². The van der Waals surface area contributed by atoms with Crippen LogP contribution in [0.5, 0.6) is 0 Å². The minimum absolute atomic E-state index is 0.196. The van der Waals surface area contributed by atoms with Crippen LogP contribution in [0.3, 0.4) is 0 Å². The largest absolute Gasteiger partial charge is 0.322 e. The maximum absolute atomic E-state index is 13.1. The van der Waals surface area contributed by atoms with E-state index in [1.807, 2.05) is 43.3 Å². The molecule has 2 aromatic carbocycles. The summed E-state index contributed by atoms with van der Waals surface area (Å²) in [5.41, 5.74) is 2.04. The van der Waals surface area contributed by atoms with Crippen LogP contribution in [0, 0.1) is 5.92 Å². The summed E-state index contributed by atoms with van der Waals surface area (Å²) in [7, 11) is -1.92. The molecule has 2 atom stereocenters. The number of hydrogen-bond acceptors (Lipinski definition) is 3. The quantitative estimate of drug-likeness (QED) is 0.778. The van der Waals surface area contributed by atoms with Crippen molar-refractivity contribution in [3.05, 3.63) is 65.7 Å². The van der Waals surface area contributed by atoms with Crippen LogP contribution in [0.15, 0.2) is 54.6 Å². The summed E-state index contributed by atoms with van der Waals surface area (Å²) in [4.78, 5) is 12.4. The van der Waals surface area contributed by atoms with Gasteiger partial charge < -0.3 is 5.32 Å². The molecule has 1 N–H and O–H groups in total. The van der Waals surface area contributed by atoms with Gasteiger partial charge in [-0.25, -0.2) is 0 Å². The number of nitrogens with zero attached hydrogens (tertiary/aromatic N) is 2. The standard InChI is InChI=1S/C22H29N3O3S/c1-17-9-8-14-25(16-17)29(27,28)24(3)18(2)20-12-7-13-21(15-20)23-22(26)19-10-5-4-6-11-19/h4-7,10-13,15,17-18H,8-9,14,16H2,1-3H3,(H,23,26)/t17-,18-/m0/s1. The van der Waals surface area contributed by atoms with E-state index in [1.54, 1.807) is 29.6 Å². The third-order valence-corrected chi connectivity index (χ3v) is 7.55. The lowest BCUT2D eigenvalue weighted by Crippen LogP contribution is -2.46. The molecule has 0 bridgehead atoms. The summed E-state index contributed by atoms with van der Waals surface area (Å²) in [5, 5.41) is 2.88. The number of carbonyl (C=O) groups is 1. The Balaban J connectivity index is 1.74. The van der Waals surface area contributed by atoms with Gasteiger partial charge >= 0.3 is 0 Å². The molecule has 2 aromatic rings. The van der Waals surface area contributed by atoms with Gasteiger partial charge in [-0.2, -0.15) is 17.0 Å². The molecule has 29 heavy (non-hydrogen) atoms. The van der Waals surface area contributed by atoms with Gasteiger partial charge in [0.05, 0.1) is 0 Å². The van der Waals surface area contributed by atoms with E-state index in [1.165, 1.54) is 4.31 Å². The fourth-order valence-corrected chi connectivity index (χ4v) is 5.31. The minimum atomic E-state index is -3.54. The molecule has 156 valence electrons. The molecular formula is C22H29N3O3S. The first kappa shape index (κ1) is 21.5. The van der Waals surface area contributed by atoms with E-state index in [9.17, 15) is 13.2 Å². The third-order valence-electron chi connectivity index (χ3n) is 5.52. The van der Waals surface area contributed by atoms with Crippen LogP contribution < -0.4 is 5.32 Å². The van der Waals surface area contributed by atoms with E-state index >= 15 is 0 Å². The molecule has 1 amide bonds. The summed E-state index contributed by atoms with van der Waals surface area (Å²) in [6.45, 7) is 5.08. The van der Waals surface area contributed by atoms with Gasteiger partial charge in [-0.15, -0.1) is 0 Å². The number of hydrogen-bond donors (Lipinski definition) is 1. The molecule has 0 saturated carbocycles. The molecule has 0 spiro atoms. The zero-order valence-electron chi connectivity index (χ0n) is 17.2. The Hall–Kier alpha value is -2.22. The second-order valence-corrected chi connectivity index (χ2v) is 9.74. The summed E-state index contributed by atoms with van der Waals surface area (Å²) < 4.78 is 29.2. The molecule has 1 heterocycles. The molecule has 7 heteroatoms. The molecule has 6 nitrogen and oxygen atoms in total. The van der Waals surface area contributed by atoms with Gasteiger partial charge in [0.15, 0.2) is 0 Å². The molecule has 3 rings (SSSR count). The molecule has 0 aliphatic carbocycles. The molecule has 1 fully saturated rings. The number of nitrogens with one attached hydrogen (secondary N) is 1. The van der Waals surface area contributed by atoms with Crippen LogP contribution in [0.1, 0.15) is 48.7 Å².